The predicted molar refractivity (Wildman–Crippen MR) is 97.4 cm³/mol. The SMILES string of the molecule is COc1ccccc1-c1nc(C2CC(=O)N(c3cc(Cl)ccc3F)C2)no1. The average molecular weight is 388 g/mol. The van der Waals surface area contributed by atoms with Crippen LogP contribution < -0.4 is 9.64 Å². The number of rotatable bonds is 4. The fourth-order valence-electron chi connectivity index (χ4n) is 3.14. The third kappa shape index (κ3) is 3.26. The van der Waals surface area contributed by atoms with Gasteiger partial charge in [-0.05, 0) is 30.3 Å². The highest BCUT2D eigenvalue weighted by molar-refractivity contribution is 6.31. The summed E-state index contributed by atoms with van der Waals surface area (Å²) in [5.41, 5.74) is 0.823. The van der Waals surface area contributed by atoms with E-state index in [1.165, 1.54) is 23.1 Å². The Kier molecular flexibility index (Phi) is 4.53. The monoisotopic (exact) mass is 387 g/mol. The number of halogens is 2. The Hall–Kier alpha value is -2.93. The summed E-state index contributed by atoms with van der Waals surface area (Å²) < 4.78 is 24.8. The van der Waals surface area contributed by atoms with Crippen LogP contribution in [0.4, 0.5) is 10.1 Å². The molecule has 1 unspecified atom stereocenters. The number of anilines is 1. The van der Waals surface area contributed by atoms with Crippen molar-refractivity contribution in [3.63, 3.8) is 0 Å². The molecular formula is C19H15ClFN3O3. The molecule has 0 N–H and O–H groups in total. The van der Waals surface area contributed by atoms with Gasteiger partial charge in [-0.2, -0.15) is 4.98 Å². The number of aromatic nitrogens is 2. The number of amides is 1. The second kappa shape index (κ2) is 7.00. The number of nitrogens with zero attached hydrogens (tertiary/aromatic N) is 3. The van der Waals surface area contributed by atoms with E-state index in [0.717, 1.165) is 0 Å². The zero-order valence-corrected chi connectivity index (χ0v) is 15.1. The molecule has 1 saturated heterocycles. The van der Waals surface area contributed by atoms with E-state index in [1.54, 1.807) is 13.2 Å². The van der Waals surface area contributed by atoms with Gasteiger partial charge in [0.15, 0.2) is 5.82 Å². The minimum absolute atomic E-state index is 0.156. The number of carbonyl (C=O) groups is 1. The van der Waals surface area contributed by atoms with Crippen LogP contribution in [-0.4, -0.2) is 29.7 Å². The highest BCUT2D eigenvalue weighted by Crippen LogP contribution is 2.35. The number of benzene rings is 2. The third-order valence-electron chi connectivity index (χ3n) is 4.47. The molecule has 1 amide bonds. The molecule has 27 heavy (non-hydrogen) atoms. The molecule has 1 fully saturated rings. The number of ether oxygens (including phenoxy) is 1. The van der Waals surface area contributed by atoms with Crippen molar-refractivity contribution in [1.82, 2.24) is 10.1 Å². The lowest BCUT2D eigenvalue weighted by molar-refractivity contribution is -0.117. The maximum atomic E-state index is 14.1. The summed E-state index contributed by atoms with van der Waals surface area (Å²) in [6, 6.07) is 11.4. The van der Waals surface area contributed by atoms with E-state index in [1.807, 2.05) is 18.2 Å². The van der Waals surface area contributed by atoms with E-state index in [-0.39, 0.29) is 30.5 Å². The van der Waals surface area contributed by atoms with Crippen LogP contribution in [0.2, 0.25) is 5.02 Å². The van der Waals surface area contributed by atoms with Crippen LogP contribution in [0.25, 0.3) is 11.5 Å². The molecule has 0 radical (unpaired) electrons. The highest BCUT2D eigenvalue weighted by atomic mass is 35.5. The van der Waals surface area contributed by atoms with E-state index >= 15 is 0 Å². The largest absolute Gasteiger partial charge is 0.496 e. The lowest BCUT2D eigenvalue weighted by atomic mass is 10.1. The number of methoxy groups -OCH3 is 1. The molecule has 138 valence electrons. The minimum Gasteiger partial charge on any atom is -0.496 e. The third-order valence-corrected chi connectivity index (χ3v) is 4.70. The maximum Gasteiger partial charge on any atom is 0.261 e. The fraction of sp³-hybridized carbons (Fsp3) is 0.211. The first kappa shape index (κ1) is 17.5. The Morgan fingerprint density at radius 3 is 2.93 bits per heavy atom. The number of para-hydroxylation sites is 1. The van der Waals surface area contributed by atoms with Crippen molar-refractivity contribution in [3.05, 3.63) is 59.1 Å². The van der Waals surface area contributed by atoms with Crippen molar-refractivity contribution < 1.29 is 18.4 Å². The van der Waals surface area contributed by atoms with Crippen LogP contribution in [0.15, 0.2) is 47.0 Å². The second-order valence-electron chi connectivity index (χ2n) is 6.16. The van der Waals surface area contributed by atoms with Crippen molar-refractivity contribution in [2.24, 2.45) is 0 Å². The quantitative estimate of drug-likeness (QED) is 0.675. The van der Waals surface area contributed by atoms with Crippen molar-refractivity contribution in [2.75, 3.05) is 18.6 Å². The van der Waals surface area contributed by atoms with Crippen LogP contribution in [-0.2, 0) is 4.79 Å². The minimum atomic E-state index is -0.503. The van der Waals surface area contributed by atoms with Crippen LogP contribution >= 0.6 is 11.6 Å². The van der Waals surface area contributed by atoms with Gasteiger partial charge in [-0.25, -0.2) is 4.39 Å². The summed E-state index contributed by atoms with van der Waals surface area (Å²) in [5.74, 6) is 0.290. The standard InChI is InChI=1S/C19H15ClFN3O3/c1-26-16-5-3-2-4-13(16)19-22-18(23-27-19)11-8-17(25)24(10-11)15-9-12(20)6-7-14(15)21/h2-7,9,11H,8,10H2,1H3. The van der Waals surface area contributed by atoms with Gasteiger partial charge in [0, 0.05) is 23.9 Å². The Balaban J connectivity index is 1.60. The van der Waals surface area contributed by atoms with Crippen molar-refractivity contribution in [2.45, 2.75) is 12.3 Å². The van der Waals surface area contributed by atoms with Gasteiger partial charge in [0.05, 0.1) is 18.4 Å². The molecule has 3 aromatic rings. The number of hydrogen-bond acceptors (Lipinski definition) is 5. The molecule has 0 bridgehead atoms. The van der Waals surface area contributed by atoms with Gasteiger partial charge in [0.25, 0.3) is 5.89 Å². The summed E-state index contributed by atoms with van der Waals surface area (Å²) in [4.78, 5) is 18.2. The zero-order valence-electron chi connectivity index (χ0n) is 14.4. The van der Waals surface area contributed by atoms with E-state index < -0.39 is 5.82 Å². The van der Waals surface area contributed by atoms with Crippen LogP contribution in [0.3, 0.4) is 0 Å². The molecule has 2 heterocycles. The summed E-state index contributed by atoms with van der Waals surface area (Å²) >= 11 is 5.94. The van der Waals surface area contributed by atoms with Crippen molar-refractivity contribution in [3.8, 4) is 17.2 Å². The summed E-state index contributed by atoms with van der Waals surface area (Å²) in [6.07, 6.45) is 0.164. The summed E-state index contributed by atoms with van der Waals surface area (Å²) in [6.45, 7) is 0.251. The van der Waals surface area contributed by atoms with Gasteiger partial charge in [-0.15, -0.1) is 0 Å². The van der Waals surface area contributed by atoms with Crippen molar-refractivity contribution >= 4 is 23.2 Å². The van der Waals surface area contributed by atoms with Gasteiger partial charge >= 0.3 is 0 Å². The molecule has 6 nitrogen and oxygen atoms in total. The van der Waals surface area contributed by atoms with E-state index in [2.05, 4.69) is 10.1 Å². The molecule has 8 heteroatoms. The lowest BCUT2D eigenvalue weighted by Gasteiger charge is -2.17. The average Bonchev–Trinajstić information content (AvgIpc) is 3.30. The number of carbonyl (C=O) groups excluding carboxylic acids is 1. The topological polar surface area (TPSA) is 68.5 Å². The molecular weight excluding hydrogens is 373 g/mol. The molecule has 0 aliphatic carbocycles. The second-order valence-corrected chi connectivity index (χ2v) is 6.60. The van der Waals surface area contributed by atoms with Crippen LogP contribution in [0.5, 0.6) is 5.75 Å². The Morgan fingerprint density at radius 2 is 2.11 bits per heavy atom. The predicted octanol–water partition coefficient (Wildman–Crippen LogP) is 4.06. The Bertz CT molecular complexity index is 1010. The van der Waals surface area contributed by atoms with Gasteiger partial charge in [0.1, 0.15) is 11.6 Å². The first-order valence-corrected chi connectivity index (χ1v) is 8.67. The Morgan fingerprint density at radius 1 is 1.30 bits per heavy atom. The molecule has 1 aliphatic rings. The smallest absolute Gasteiger partial charge is 0.261 e. The van der Waals surface area contributed by atoms with Gasteiger partial charge in [-0.3, -0.25) is 4.79 Å². The summed E-state index contributed by atoms with van der Waals surface area (Å²) in [7, 11) is 1.56. The number of hydrogen-bond donors (Lipinski definition) is 0. The highest BCUT2D eigenvalue weighted by Gasteiger charge is 2.36. The molecule has 0 spiro atoms. The van der Waals surface area contributed by atoms with E-state index in [4.69, 9.17) is 20.9 Å². The van der Waals surface area contributed by atoms with Crippen LogP contribution in [0, 0.1) is 5.82 Å². The molecule has 1 aromatic heterocycles. The van der Waals surface area contributed by atoms with Crippen molar-refractivity contribution in [1.29, 1.82) is 0 Å². The first-order valence-electron chi connectivity index (χ1n) is 8.29. The molecule has 2 aromatic carbocycles. The molecule has 0 saturated carbocycles. The van der Waals surface area contributed by atoms with Gasteiger partial charge < -0.3 is 14.2 Å². The van der Waals surface area contributed by atoms with E-state index in [0.29, 0.717) is 28.1 Å². The Labute approximate surface area is 159 Å². The van der Waals surface area contributed by atoms with Gasteiger partial charge in [0.2, 0.25) is 5.91 Å². The van der Waals surface area contributed by atoms with E-state index in [9.17, 15) is 9.18 Å². The summed E-state index contributed by atoms with van der Waals surface area (Å²) in [5, 5.41) is 4.37. The zero-order chi connectivity index (χ0) is 19.0. The fourth-order valence-corrected chi connectivity index (χ4v) is 3.30. The molecule has 4 rings (SSSR count). The maximum absolute atomic E-state index is 14.1. The normalized spacial score (nSPS) is 16.8. The molecule has 1 atom stereocenters. The molecule has 1 aliphatic heterocycles. The lowest BCUT2D eigenvalue weighted by Crippen LogP contribution is -2.25. The van der Waals surface area contributed by atoms with Gasteiger partial charge in [-0.1, -0.05) is 28.9 Å². The first-order chi connectivity index (χ1) is 13.1. The van der Waals surface area contributed by atoms with Crippen LogP contribution in [0.1, 0.15) is 18.2 Å².